The Labute approximate surface area is 185 Å². The first kappa shape index (κ1) is 21.1. The quantitative estimate of drug-likeness (QED) is 0.642. The number of rotatable bonds is 5. The van der Waals surface area contributed by atoms with Crippen LogP contribution in [0.25, 0.3) is 10.9 Å². The normalized spacial score (nSPS) is 26.9. The second-order valence-corrected chi connectivity index (χ2v) is 8.89. The van der Waals surface area contributed by atoms with Crippen molar-refractivity contribution in [1.82, 2.24) is 19.9 Å². The molecule has 0 radical (unpaired) electrons. The van der Waals surface area contributed by atoms with Gasteiger partial charge in [0.15, 0.2) is 11.0 Å². The third-order valence-corrected chi connectivity index (χ3v) is 6.96. The highest BCUT2D eigenvalue weighted by Crippen LogP contribution is 2.40. The van der Waals surface area contributed by atoms with Gasteiger partial charge in [-0.2, -0.15) is 9.97 Å². The smallest absolute Gasteiger partial charge is 0.319 e. The highest BCUT2D eigenvalue weighted by Gasteiger charge is 2.49. The first-order valence-corrected chi connectivity index (χ1v) is 11.2. The first-order chi connectivity index (χ1) is 15.1. The van der Waals surface area contributed by atoms with Crippen LogP contribution in [0.5, 0.6) is 6.01 Å². The fraction of sp³-hybridized carbons (Fsp3) is 0.667. The zero-order valence-corrected chi connectivity index (χ0v) is 18.4. The molecule has 3 aliphatic rings. The van der Waals surface area contributed by atoms with Crippen molar-refractivity contribution in [3.05, 3.63) is 17.2 Å². The van der Waals surface area contributed by atoms with Gasteiger partial charge in [-0.25, -0.2) is 9.37 Å². The van der Waals surface area contributed by atoms with E-state index in [4.69, 9.17) is 25.8 Å². The number of hydrogen-bond donors (Lipinski definition) is 0. The molecule has 3 aliphatic heterocycles. The summed E-state index contributed by atoms with van der Waals surface area (Å²) in [5.41, 5.74) is 0.0523. The molecular weight excluding hydrogens is 425 g/mol. The second kappa shape index (κ2) is 8.61. The third kappa shape index (κ3) is 3.92. The predicted molar refractivity (Wildman–Crippen MR) is 114 cm³/mol. The number of hydrogen-bond acceptors (Lipinski definition) is 8. The van der Waals surface area contributed by atoms with E-state index in [1.54, 1.807) is 7.11 Å². The van der Waals surface area contributed by atoms with E-state index in [1.807, 2.05) is 0 Å². The minimum atomic E-state index is -0.653. The van der Waals surface area contributed by atoms with Crippen LogP contribution >= 0.6 is 11.6 Å². The van der Waals surface area contributed by atoms with E-state index in [2.05, 4.69) is 24.8 Å². The molecule has 3 fully saturated rings. The highest BCUT2D eigenvalue weighted by atomic mass is 35.5. The molecule has 2 atom stereocenters. The third-order valence-electron chi connectivity index (χ3n) is 6.70. The van der Waals surface area contributed by atoms with Crippen LogP contribution in [-0.2, 0) is 9.47 Å². The van der Waals surface area contributed by atoms with Gasteiger partial charge in [-0.15, -0.1) is 0 Å². The molecule has 0 aromatic carbocycles. The molecular formula is C21H27ClFN5O3. The standard InChI is InChI=1S/C21H27ClFN5O3/c1-29-14-10-21(4-2-6-28(21)12-14)13-31-20-25-17-15(11-24-18(22)16(17)23)19(26-20)27-5-3-8-30-9-7-27/h11,14H,2-10,12-13H2,1H3/t14-,21+/m1/s1. The number of halogens is 2. The van der Waals surface area contributed by atoms with Crippen LogP contribution < -0.4 is 9.64 Å². The summed E-state index contributed by atoms with van der Waals surface area (Å²) in [6.45, 7) is 5.08. The zero-order valence-electron chi connectivity index (χ0n) is 17.6. The van der Waals surface area contributed by atoms with E-state index in [0.717, 1.165) is 45.3 Å². The summed E-state index contributed by atoms with van der Waals surface area (Å²) in [4.78, 5) is 17.6. The van der Waals surface area contributed by atoms with Crippen molar-refractivity contribution in [2.24, 2.45) is 0 Å². The van der Waals surface area contributed by atoms with Gasteiger partial charge in [0.2, 0.25) is 0 Å². The van der Waals surface area contributed by atoms with Gasteiger partial charge in [0.05, 0.1) is 23.6 Å². The molecule has 0 bridgehead atoms. The Bertz CT molecular complexity index is 958. The van der Waals surface area contributed by atoms with Crippen molar-refractivity contribution in [1.29, 1.82) is 0 Å². The Hall–Kier alpha value is -1.81. The molecule has 8 nitrogen and oxygen atoms in total. The largest absolute Gasteiger partial charge is 0.461 e. The van der Waals surface area contributed by atoms with Crippen molar-refractivity contribution >= 4 is 28.3 Å². The molecule has 0 aliphatic carbocycles. The summed E-state index contributed by atoms with van der Waals surface area (Å²) in [5.74, 6) is -0.0461. The number of anilines is 1. The zero-order chi connectivity index (χ0) is 21.4. The molecule has 0 unspecified atom stereocenters. The maximum atomic E-state index is 14.8. The van der Waals surface area contributed by atoms with Gasteiger partial charge < -0.3 is 19.1 Å². The van der Waals surface area contributed by atoms with Crippen molar-refractivity contribution in [2.75, 3.05) is 58.0 Å². The average molecular weight is 452 g/mol. The minimum absolute atomic E-state index is 0.0793. The van der Waals surface area contributed by atoms with Crippen LogP contribution in [0.15, 0.2) is 6.20 Å². The molecule has 0 N–H and O–H groups in total. The lowest BCUT2D eigenvalue weighted by Crippen LogP contribution is -2.43. The number of methoxy groups -OCH3 is 1. The van der Waals surface area contributed by atoms with Gasteiger partial charge in [-0.1, -0.05) is 11.6 Å². The van der Waals surface area contributed by atoms with Gasteiger partial charge in [0.25, 0.3) is 0 Å². The van der Waals surface area contributed by atoms with E-state index < -0.39 is 5.82 Å². The van der Waals surface area contributed by atoms with Crippen LogP contribution in [0.1, 0.15) is 25.7 Å². The molecule has 2 aromatic heterocycles. The number of fused-ring (bicyclic) bond motifs is 2. The van der Waals surface area contributed by atoms with E-state index in [1.165, 1.54) is 6.20 Å². The molecule has 2 aromatic rings. The SMILES string of the molecule is CO[C@H]1CN2CCC[C@@]2(COc2nc(N3CCCOCC3)c3cnc(Cl)c(F)c3n2)C1. The molecule has 31 heavy (non-hydrogen) atoms. The van der Waals surface area contributed by atoms with Gasteiger partial charge in [0.1, 0.15) is 17.9 Å². The monoisotopic (exact) mass is 451 g/mol. The van der Waals surface area contributed by atoms with Crippen molar-refractivity contribution in [2.45, 2.75) is 37.3 Å². The van der Waals surface area contributed by atoms with Crippen LogP contribution in [0.3, 0.4) is 0 Å². The van der Waals surface area contributed by atoms with Gasteiger partial charge in [-0.3, -0.25) is 4.90 Å². The first-order valence-electron chi connectivity index (χ1n) is 10.8. The number of nitrogens with zero attached hydrogens (tertiary/aromatic N) is 5. The summed E-state index contributed by atoms with van der Waals surface area (Å²) in [7, 11) is 1.76. The van der Waals surface area contributed by atoms with Crippen LogP contribution in [0.2, 0.25) is 5.15 Å². The molecule has 0 saturated carbocycles. The Balaban J connectivity index is 1.48. The van der Waals surface area contributed by atoms with Gasteiger partial charge >= 0.3 is 6.01 Å². The Morgan fingerprint density at radius 2 is 2.16 bits per heavy atom. The fourth-order valence-electron chi connectivity index (χ4n) is 5.09. The summed E-state index contributed by atoms with van der Waals surface area (Å²) in [6, 6.07) is 0.163. The maximum absolute atomic E-state index is 14.8. The van der Waals surface area contributed by atoms with E-state index >= 15 is 0 Å². The molecule has 5 rings (SSSR count). The molecule has 5 heterocycles. The summed E-state index contributed by atoms with van der Waals surface area (Å²) >= 11 is 5.95. The number of aromatic nitrogens is 3. The molecule has 0 spiro atoms. The van der Waals surface area contributed by atoms with E-state index in [-0.39, 0.29) is 28.3 Å². The average Bonchev–Trinajstić information content (AvgIpc) is 3.19. The molecule has 0 amide bonds. The lowest BCUT2D eigenvalue weighted by Gasteiger charge is -2.31. The summed E-state index contributed by atoms with van der Waals surface area (Å²) < 4.78 is 32.2. The van der Waals surface area contributed by atoms with Gasteiger partial charge in [0, 0.05) is 39.5 Å². The van der Waals surface area contributed by atoms with Gasteiger partial charge in [-0.05, 0) is 32.2 Å². The predicted octanol–water partition coefficient (Wildman–Crippen LogP) is 2.68. The Morgan fingerprint density at radius 3 is 3.03 bits per heavy atom. The van der Waals surface area contributed by atoms with Crippen molar-refractivity contribution in [3.63, 3.8) is 0 Å². The highest BCUT2D eigenvalue weighted by molar-refractivity contribution is 6.30. The maximum Gasteiger partial charge on any atom is 0.319 e. The molecule has 3 saturated heterocycles. The molecule has 10 heteroatoms. The van der Waals surface area contributed by atoms with E-state index in [0.29, 0.717) is 37.6 Å². The number of pyridine rings is 1. The van der Waals surface area contributed by atoms with Crippen molar-refractivity contribution < 1.29 is 18.6 Å². The molecule has 168 valence electrons. The second-order valence-electron chi connectivity index (χ2n) is 8.53. The topological polar surface area (TPSA) is 72.8 Å². The van der Waals surface area contributed by atoms with E-state index in [9.17, 15) is 4.39 Å². The van der Waals surface area contributed by atoms with Crippen molar-refractivity contribution in [3.8, 4) is 6.01 Å². The summed E-state index contributed by atoms with van der Waals surface area (Å²) in [5, 5.41) is 0.318. The lowest BCUT2D eigenvalue weighted by molar-refractivity contribution is 0.0997. The Morgan fingerprint density at radius 1 is 1.26 bits per heavy atom. The van der Waals surface area contributed by atoms with Crippen LogP contribution in [0.4, 0.5) is 10.2 Å². The fourth-order valence-corrected chi connectivity index (χ4v) is 5.22. The van der Waals surface area contributed by atoms with Crippen LogP contribution in [0, 0.1) is 5.82 Å². The minimum Gasteiger partial charge on any atom is -0.461 e. The van der Waals surface area contributed by atoms with Crippen LogP contribution in [-0.4, -0.2) is 84.6 Å². The summed E-state index contributed by atoms with van der Waals surface area (Å²) in [6.07, 6.45) is 5.69. The lowest BCUT2D eigenvalue weighted by atomic mass is 9.94. The Kier molecular flexibility index (Phi) is 5.85. The number of ether oxygens (including phenoxy) is 3.